The van der Waals surface area contributed by atoms with E-state index in [2.05, 4.69) is 40.8 Å². The van der Waals surface area contributed by atoms with Crippen LogP contribution in [-0.4, -0.2) is 7.76 Å². The quantitative estimate of drug-likeness (QED) is 0.664. The molecule has 56 valence electrons. The van der Waals surface area contributed by atoms with Gasteiger partial charge in [0, 0.05) is 17.8 Å². The summed E-state index contributed by atoms with van der Waals surface area (Å²) in [7, 11) is 0. The van der Waals surface area contributed by atoms with Crippen LogP contribution in [0, 0.1) is 6.92 Å². The molecule has 2 heterocycles. The summed E-state index contributed by atoms with van der Waals surface area (Å²) in [6.45, 7) is 2.10. The Bertz CT molecular complexity index is 392. The maximum Gasteiger partial charge on any atom is 0.148 e. The van der Waals surface area contributed by atoms with Crippen LogP contribution in [0.3, 0.4) is 0 Å². The van der Waals surface area contributed by atoms with E-state index in [4.69, 9.17) is 0 Å². The van der Waals surface area contributed by atoms with Gasteiger partial charge in [0.2, 0.25) is 0 Å². The molecule has 0 amide bonds. The van der Waals surface area contributed by atoms with E-state index in [1.165, 1.54) is 10.9 Å². The first-order valence-corrected chi connectivity index (χ1v) is 4.34. The van der Waals surface area contributed by atoms with E-state index >= 15 is 0 Å². The average molecular weight is 258 g/mol. The van der Waals surface area contributed by atoms with E-state index in [0.717, 1.165) is 5.65 Å². The number of rotatable bonds is 0. The predicted octanol–water partition coefficient (Wildman–Crippen LogP) is 2.54. The van der Waals surface area contributed by atoms with Gasteiger partial charge in [-0.15, -0.1) is 0 Å². The third-order valence-corrected chi connectivity index (χ3v) is 2.54. The van der Waals surface area contributed by atoms with Crippen LogP contribution in [0.5, 0.6) is 0 Å². The minimum absolute atomic E-state index is 1.05. The zero-order chi connectivity index (χ0) is 7.84. The van der Waals surface area contributed by atoms with E-state index in [0.29, 0.717) is 0 Å². The second-order valence-corrected chi connectivity index (χ2v) is 3.53. The molecular weight excluding hydrogens is 251 g/mol. The van der Waals surface area contributed by atoms with Crippen LogP contribution in [0.4, 0.5) is 0 Å². The van der Waals surface area contributed by atoms with Gasteiger partial charge in [-0.05, 0) is 24.6 Å². The highest BCUT2D eigenvalue weighted by Gasteiger charge is 2.00. The summed E-state index contributed by atoms with van der Waals surface area (Å²) < 4.78 is 2.00. The standard InChI is InChI=1S/C8H7IN2/c1-6-2-4-10-8-7(6)3-5-11(8)9/h2-5H,1H3. The Hall–Kier alpha value is -0.580. The fourth-order valence-corrected chi connectivity index (χ4v) is 1.69. The summed E-state index contributed by atoms with van der Waals surface area (Å²) in [5.74, 6) is 0. The third-order valence-electron chi connectivity index (χ3n) is 1.76. The fourth-order valence-electron chi connectivity index (χ4n) is 1.14. The average Bonchev–Trinajstić information content (AvgIpc) is 2.35. The highest BCUT2D eigenvalue weighted by Crippen LogP contribution is 2.18. The topological polar surface area (TPSA) is 17.8 Å². The lowest BCUT2D eigenvalue weighted by molar-refractivity contribution is 1.29. The lowest BCUT2D eigenvalue weighted by atomic mass is 10.2. The van der Waals surface area contributed by atoms with Crippen molar-refractivity contribution in [1.29, 1.82) is 0 Å². The Morgan fingerprint density at radius 3 is 3.00 bits per heavy atom. The Balaban J connectivity index is 2.94. The number of halogens is 1. The zero-order valence-electron chi connectivity index (χ0n) is 6.08. The van der Waals surface area contributed by atoms with Gasteiger partial charge in [-0.2, -0.15) is 0 Å². The molecule has 0 aliphatic heterocycles. The summed E-state index contributed by atoms with van der Waals surface area (Å²) in [6, 6.07) is 4.11. The first kappa shape index (κ1) is 7.09. The van der Waals surface area contributed by atoms with Crippen LogP contribution < -0.4 is 0 Å². The van der Waals surface area contributed by atoms with E-state index in [1.54, 1.807) is 0 Å². The number of hydrogen-bond acceptors (Lipinski definition) is 1. The van der Waals surface area contributed by atoms with Gasteiger partial charge >= 0.3 is 0 Å². The summed E-state index contributed by atoms with van der Waals surface area (Å²) in [4.78, 5) is 4.26. The number of aryl methyl sites for hydroxylation is 1. The molecule has 0 saturated heterocycles. The van der Waals surface area contributed by atoms with Crippen LogP contribution in [-0.2, 0) is 0 Å². The van der Waals surface area contributed by atoms with Crippen LogP contribution in [0.2, 0.25) is 0 Å². The lowest BCUT2D eigenvalue weighted by Crippen LogP contribution is -1.81. The van der Waals surface area contributed by atoms with Gasteiger partial charge in [0.05, 0.1) is 22.9 Å². The van der Waals surface area contributed by atoms with Crippen molar-refractivity contribution in [3.8, 4) is 0 Å². The molecule has 0 radical (unpaired) electrons. The number of fused-ring (bicyclic) bond motifs is 1. The third kappa shape index (κ3) is 1.03. The molecule has 0 atom stereocenters. The first-order chi connectivity index (χ1) is 5.29. The Labute approximate surface area is 78.7 Å². The van der Waals surface area contributed by atoms with Crippen molar-refractivity contribution in [2.45, 2.75) is 6.92 Å². The number of hydrogen-bond donors (Lipinski definition) is 0. The maximum atomic E-state index is 4.26. The molecule has 0 N–H and O–H groups in total. The van der Waals surface area contributed by atoms with Gasteiger partial charge in [-0.3, -0.25) is 2.78 Å². The van der Waals surface area contributed by atoms with Crippen LogP contribution in [0.15, 0.2) is 24.5 Å². The molecule has 0 saturated carbocycles. The van der Waals surface area contributed by atoms with Crippen molar-refractivity contribution in [2.75, 3.05) is 0 Å². The normalized spacial score (nSPS) is 10.7. The summed E-state index contributed by atoms with van der Waals surface area (Å²) in [6.07, 6.45) is 3.86. The van der Waals surface area contributed by atoms with E-state index in [1.807, 2.05) is 21.2 Å². The highest BCUT2D eigenvalue weighted by molar-refractivity contribution is 14.1. The van der Waals surface area contributed by atoms with Gasteiger partial charge in [-0.1, -0.05) is 0 Å². The van der Waals surface area contributed by atoms with Crippen LogP contribution >= 0.6 is 22.9 Å². The molecule has 0 bridgehead atoms. The van der Waals surface area contributed by atoms with Gasteiger partial charge in [0.25, 0.3) is 0 Å². The number of pyridine rings is 1. The number of aromatic nitrogens is 2. The molecule has 11 heavy (non-hydrogen) atoms. The molecule has 2 aromatic rings. The van der Waals surface area contributed by atoms with E-state index in [9.17, 15) is 0 Å². The van der Waals surface area contributed by atoms with Gasteiger partial charge in [-0.25, -0.2) is 4.98 Å². The second kappa shape index (κ2) is 2.48. The Morgan fingerprint density at radius 1 is 1.45 bits per heavy atom. The SMILES string of the molecule is Cc1ccnc2c1ccn2I. The molecule has 0 fully saturated rings. The Kier molecular flexibility index (Phi) is 1.60. The molecule has 0 aromatic carbocycles. The van der Waals surface area contributed by atoms with Crippen LogP contribution in [0.1, 0.15) is 5.56 Å². The van der Waals surface area contributed by atoms with Crippen molar-refractivity contribution in [3.63, 3.8) is 0 Å². The Morgan fingerprint density at radius 2 is 2.27 bits per heavy atom. The minimum atomic E-state index is 1.05. The number of nitrogens with zero attached hydrogens (tertiary/aromatic N) is 2. The van der Waals surface area contributed by atoms with Crippen molar-refractivity contribution < 1.29 is 0 Å². The molecule has 3 heteroatoms. The fraction of sp³-hybridized carbons (Fsp3) is 0.125. The molecule has 2 aromatic heterocycles. The summed E-state index contributed by atoms with van der Waals surface area (Å²) in [5.41, 5.74) is 2.33. The van der Waals surface area contributed by atoms with Crippen molar-refractivity contribution >= 4 is 33.9 Å². The molecule has 0 aliphatic carbocycles. The smallest absolute Gasteiger partial charge is 0.148 e. The summed E-state index contributed by atoms with van der Waals surface area (Å²) >= 11 is 2.22. The molecule has 2 nitrogen and oxygen atoms in total. The first-order valence-electron chi connectivity index (χ1n) is 3.38. The molecule has 0 spiro atoms. The largest absolute Gasteiger partial charge is 0.274 e. The van der Waals surface area contributed by atoms with E-state index < -0.39 is 0 Å². The highest BCUT2D eigenvalue weighted by atomic mass is 127. The molecule has 0 aliphatic rings. The van der Waals surface area contributed by atoms with Crippen molar-refractivity contribution in [3.05, 3.63) is 30.1 Å². The van der Waals surface area contributed by atoms with Gasteiger partial charge in [0.1, 0.15) is 5.65 Å². The predicted molar refractivity (Wildman–Crippen MR) is 53.9 cm³/mol. The molecular formula is C8H7IN2. The van der Waals surface area contributed by atoms with E-state index in [-0.39, 0.29) is 0 Å². The summed E-state index contributed by atoms with van der Waals surface area (Å²) in [5, 5.41) is 1.24. The monoisotopic (exact) mass is 258 g/mol. The zero-order valence-corrected chi connectivity index (χ0v) is 8.24. The second-order valence-electron chi connectivity index (χ2n) is 2.49. The van der Waals surface area contributed by atoms with Gasteiger partial charge in [0.15, 0.2) is 0 Å². The molecule has 2 rings (SSSR count). The van der Waals surface area contributed by atoms with Crippen molar-refractivity contribution in [2.24, 2.45) is 0 Å². The molecule has 0 unspecified atom stereocenters. The van der Waals surface area contributed by atoms with Crippen LogP contribution in [0.25, 0.3) is 11.0 Å². The maximum absolute atomic E-state index is 4.26. The van der Waals surface area contributed by atoms with Crippen molar-refractivity contribution in [1.82, 2.24) is 7.76 Å². The lowest BCUT2D eigenvalue weighted by Gasteiger charge is -1.94. The minimum Gasteiger partial charge on any atom is -0.274 e. The van der Waals surface area contributed by atoms with Gasteiger partial charge < -0.3 is 0 Å².